The molecule has 1 aliphatic heterocycles. The summed E-state index contributed by atoms with van der Waals surface area (Å²) in [6.07, 6.45) is 1.81. The Hall–Kier alpha value is -1.71. The summed E-state index contributed by atoms with van der Waals surface area (Å²) >= 11 is 0. The van der Waals surface area contributed by atoms with E-state index >= 15 is 0 Å². The molecule has 1 unspecified atom stereocenters. The molecule has 0 bridgehead atoms. The summed E-state index contributed by atoms with van der Waals surface area (Å²) in [6, 6.07) is 7.37. The van der Waals surface area contributed by atoms with Crippen molar-refractivity contribution in [1.82, 2.24) is 0 Å². The maximum Gasteiger partial charge on any atom is 0.240 e. The molecule has 4 heteroatoms. The highest BCUT2D eigenvalue weighted by molar-refractivity contribution is 5.86. The Morgan fingerprint density at radius 2 is 2.13 bits per heavy atom. The van der Waals surface area contributed by atoms with E-state index in [4.69, 9.17) is 11.5 Å². The van der Waals surface area contributed by atoms with Crippen molar-refractivity contribution < 1.29 is 4.79 Å². The average molecular weight is 205 g/mol. The monoisotopic (exact) mass is 205 g/mol. The van der Waals surface area contributed by atoms with Crippen LogP contribution < -0.4 is 16.4 Å². The zero-order valence-electron chi connectivity index (χ0n) is 8.52. The van der Waals surface area contributed by atoms with Gasteiger partial charge in [0.2, 0.25) is 5.91 Å². The first-order chi connectivity index (χ1) is 7.20. The van der Waals surface area contributed by atoms with E-state index in [0.717, 1.165) is 25.1 Å². The molecule has 0 aliphatic carbocycles. The summed E-state index contributed by atoms with van der Waals surface area (Å²) in [5, 5.41) is 0. The minimum Gasteiger partial charge on any atom is -0.397 e. The van der Waals surface area contributed by atoms with Crippen LogP contribution >= 0.6 is 0 Å². The summed E-state index contributed by atoms with van der Waals surface area (Å²) in [5.41, 5.74) is 12.8. The highest BCUT2D eigenvalue weighted by Gasteiger charge is 2.29. The average Bonchev–Trinajstić information content (AvgIpc) is 2.67. The third-order valence-corrected chi connectivity index (χ3v) is 2.83. The summed E-state index contributed by atoms with van der Waals surface area (Å²) in [5.74, 6) is -0.268. The molecule has 0 aromatic heterocycles. The molecule has 0 spiro atoms. The molecule has 0 saturated carbocycles. The first-order valence-electron chi connectivity index (χ1n) is 5.10. The number of carbonyl (C=O) groups is 1. The van der Waals surface area contributed by atoms with E-state index in [2.05, 4.69) is 0 Å². The second-order valence-corrected chi connectivity index (χ2v) is 3.81. The van der Waals surface area contributed by atoms with Gasteiger partial charge in [0.05, 0.1) is 11.4 Å². The number of nitrogen functional groups attached to an aromatic ring is 1. The zero-order chi connectivity index (χ0) is 10.8. The van der Waals surface area contributed by atoms with Crippen LogP contribution in [0.2, 0.25) is 0 Å². The van der Waals surface area contributed by atoms with Gasteiger partial charge in [0.1, 0.15) is 6.04 Å². The van der Waals surface area contributed by atoms with Gasteiger partial charge in [-0.2, -0.15) is 0 Å². The number of primary amides is 1. The summed E-state index contributed by atoms with van der Waals surface area (Å²) in [6.45, 7) is 0.849. The van der Waals surface area contributed by atoms with Gasteiger partial charge in [0.25, 0.3) is 0 Å². The molecule has 4 nitrogen and oxygen atoms in total. The summed E-state index contributed by atoms with van der Waals surface area (Å²) < 4.78 is 0. The molecular formula is C11H15N3O. The lowest BCUT2D eigenvalue weighted by molar-refractivity contribution is -0.119. The van der Waals surface area contributed by atoms with E-state index < -0.39 is 0 Å². The topological polar surface area (TPSA) is 72.4 Å². The molecule has 1 aromatic carbocycles. The molecular weight excluding hydrogens is 190 g/mol. The molecule has 0 radical (unpaired) electrons. The Kier molecular flexibility index (Phi) is 2.49. The van der Waals surface area contributed by atoms with Crippen molar-refractivity contribution in [2.45, 2.75) is 18.9 Å². The van der Waals surface area contributed by atoms with Crippen molar-refractivity contribution in [3.63, 3.8) is 0 Å². The van der Waals surface area contributed by atoms with Crippen molar-refractivity contribution in [3.05, 3.63) is 24.3 Å². The number of hydrogen-bond acceptors (Lipinski definition) is 3. The van der Waals surface area contributed by atoms with Crippen molar-refractivity contribution in [1.29, 1.82) is 0 Å². The van der Waals surface area contributed by atoms with Gasteiger partial charge in [-0.15, -0.1) is 0 Å². The lowest BCUT2D eigenvalue weighted by atomic mass is 10.2. The number of para-hydroxylation sites is 2. The third kappa shape index (κ3) is 1.75. The lowest BCUT2D eigenvalue weighted by Gasteiger charge is -2.25. The maximum absolute atomic E-state index is 11.2. The number of nitrogens with zero attached hydrogens (tertiary/aromatic N) is 1. The van der Waals surface area contributed by atoms with Crippen LogP contribution in [-0.2, 0) is 4.79 Å². The molecule has 1 saturated heterocycles. The molecule has 1 aromatic rings. The number of rotatable bonds is 2. The predicted octanol–water partition coefficient (Wildman–Crippen LogP) is 0.723. The largest absolute Gasteiger partial charge is 0.397 e. The van der Waals surface area contributed by atoms with E-state index in [0.29, 0.717) is 5.69 Å². The number of benzene rings is 1. The molecule has 1 fully saturated rings. The molecule has 1 amide bonds. The van der Waals surface area contributed by atoms with E-state index in [-0.39, 0.29) is 11.9 Å². The van der Waals surface area contributed by atoms with Crippen LogP contribution in [0.1, 0.15) is 12.8 Å². The first-order valence-corrected chi connectivity index (χ1v) is 5.10. The van der Waals surface area contributed by atoms with E-state index in [9.17, 15) is 4.79 Å². The number of amides is 1. The minimum atomic E-state index is -0.268. The first kappa shape index (κ1) is 9.83. The molecule has 4 N–H and O–H groups in total. The normalized spacial score (nSPS) is 20.5. The summed E-state index contributed by atoms with van der Waals surface area (Å²) in [7, 11) is 0. The molecule has 1 heterocycles. The van der Waals surface area contributed by atoms with Crippen LogP contribution in [0.5, 0.6) is 0 Å². The van der Waals surface area contributed by atoms with Gasteiger partial charge < -0.3 is 16.4 Å². The van der Waals surface area contributed by atoms with E-state index in [1.807, 2.05) is 29.2 Å². The number of nitrogens with two attached hydrogens (primary N) is 2. The zero-order valence-corrected chi connectivity index (χ0v) is 8.52. The molecule has 2 rings (SSSR count). The highest BCUT2D eigenvalue weighted by Crippen LogP contribution is 2.29. The minimum absolute atomic E-state index is 0.199. The molecule has 1 aliphatic rings. The molecule has 15 heavy (non-hydrogen) atoms. The fraction of sp³-hybridized carbons (Fsp3) is 0.364. The lowest BCUT2D eigenvalue weighted by Crippen LogP contribution is -2.40. The van der Waals surface area contributed by atoms with E-state index in [1.54, 1.807) is 0 Å². The van der Waals surface area contributed by atoms with Crippen molar-refractivity contribution in [3.8, 4) is 0 Å². The SMILES string of the molecule is NC(=O)C1CCCN1c1ccccc1N. The van der Waals surface area contributed by atoms with Crippen LogP contribution in [0.4, 0.5) is 11.4 Å². The maximum atomic E-state index is 11.2. The Balaban J connectivity index is 2.30. The number of anilines is 2. The summed E-state index contributed by atoms with van der Waals surface area (Å²) in [4.78, 5) is 13.2. The fourth-order valence-electron chi connectivity index (χ4n) is 2.10. The number of hydrogen-bond donors (Lipinski definition) is 2. The Morgan fingerprint density at radius 1 is 1.40 bits per heavy atom. The quantitative estimate of drug-likeness (QED) is 0.699. The standard InChI is InChI=1S/C11H15N3O/c12-8-4-1-2-5-9(8)14-7-3-6-10(14)11(13)15/h1-2,4-5,10H,3,6-7,12H2,(H2,13,15). The second kappa shape index (κ2) is 3.81. The van der Waals surface area contributed by atoms with Gasteiger partial charge >= 0.3 is 0 Å². The van der Waals surface area contributed by atoms with Gasteiger partial charge in [0.15, 0.2) is 0 Å². The predicted molar refractivity (Wildman–Crippen MR) is 60.4 cm³/mol. The molecule has 80 valence electrons. The van der Waals surface area contributed by atoms with Gasteiger partial charge in [-0.25, -0.2) is 0 Å². The second-order valence-electron chi connectivity index (χ2n) is 3.81. The number of carbonyl (C=O) groups excluding carboxylic acids is 1. The highest BCUT2D eigenvalue weighted by atomic mass is 16.1. The van der Waals surface area contributed by atoms with Crippen LogP contribution in [0.25, 0.3) is 0 Å². The van der Waals surface area contributed by atoms with Gasteiger partial charge in [-0.05, 0) is 25.0 Å². The Bertz CT molecular complexity index is 378. The van der Waals surface area contributed by atoms with Gasteiger partial charge in [-0.1, -0.05) is 12.1 Å². The Morgan fingerprint density at radius 3 is 2.80 bits per heavy atom. The Labute approximate surface area is 88.9 Å². The third-order valence-electron chi connectivity index (χ3n) is 2.83. The van der Waals surface area contributed by atoms with Gasteiger partial charge in [0, 0.05) is 6.54 Å². The van der Waals surface area contributed by atoms with Crippen molar-refractivity contribution in [2.75, 3.05) is 17.2 Å². The smallest absolute Gasteiger partial charge is 0.240 e. The van der Waals surface area contributed by atoms with Crippen LogP contribution in [-0.4, -0.2) is 18.5 Å². The van der Waals surface area contributed by atoms with Crippen LogP contribution in [0.15, 0.2) is 24.3 Å². The van der Waals surface area contributed by atoms with Gasteiger partial charge in [-0.3, -0.25) is 4.79 Å². The van der Waals surface area contributed by atoms with E-state index in [1.165, 1.54) is 0 Å². The van der Waals surface area contributed by atoms with Crippen LogP contribution in [0, 0.1) is 0 Å². The van der Waals surface area contributed by atoms with Crippen LogP contribution in [0.3, 0.4) is 0 Å². The van der Waals surface area contributed by atoms with Crippen molar-refractivity contribution in [2.24, 2.45) is 5.73 Å². The fourth-order valence-corrected chi connectivity index (χ4v) is 2.10. The molecule has 1 atom stereocenters. The van der Waals surface area contributed by atoms with Crippen molar-refractivity contribution >= 4 is 17.3 Å².